The number of rotatable bonds is 17. The van der Waals surface area contributed by atoms with Gasteiger partial charge < -0.3 is 43.1 Å². The Hall–Kier alpha value is -11.9. The highest BCUT2D eigenvalue weighted by Crippen LogP contribution is 2.51. The monoisotopic (exact) mass is 1400 g/mol. The standard InChI is InChI=1S/C28H23FN2O3S.C26H19FN2O3S.C26H18FNO4S/c1-3-4-25-30-31-26(34-25)14-7-18-5-10-21(11-6-18)33-27-23-13-9-20(32)16-24(23)35-28(27)22-12-8-19(29)15-17(22)2;1-15-13-18(27)6-10-21(15)26-25(22-11-7-19(30)14-23(22)33-26)32-20-8-3-17(4-9-20)5-12-24-29-28-16(2)31-24;1-15-12-17(27)5-9-20(15)26-25(21-10-6-18(29)13-22(21)33-26)31-19-7-2-16(3-8-19)4-11-23-28-14-24(30)32-23/h5-16,32H,3-4H2,1-2H3;3-14,30H,1-2H3;2-13,29H,14H2,1H3/b14-7+;12-5+;11-4+. The van der Waals surface area contributed by atoms with E-state index in [2.05, 4.69) is 32.3 Å². The molecule has 0 aliphatic carbocycles. The van der Waals surface area contributed by atoms with Gasteiger partial charge in [-0.05, 0) is 223 Å². The summed E-state index contributed by atoms with van der Waals surface area (Å²) < 4.78 is 78.7. The lowest BCUT2D eigenvalue weighted by molar-refractivity contribution is -0.132. The molecule has 101 heavy (non-hydrogen) atoms. The van der Waals surface area contributed by atoms with E-state index < -0.39 is 0 Å². The number of carbonyl (C=O) groups excluding carboxylic acids is 1. The number of carbonyl (C=O) groups is 1. The first-order valence-electron chi connectivity index (χ1n) is 31.7. The van der Waals surface area contributed by atoms with Crippen LogP contribution in [0.2, 0.25) is 0 Å². The van der Waals surface area contributed by atoms with E-state index in [1.807, 2.05) is 124 Å². The van der Waals surface area contributed by atoms with E-state index in [0.29, 0.717) is 64.0 Å². The van der Waals surface area contributed by atoms with E-state index in [9.17, 15) is 33.3 Å². The number of halogens is 3. The van der Waals surface area contributed by atoms with Crippen molar-refractivity contribution in [3.8, 4) is 83.1 Å². The van der Waals surface area contributed by atoms with E-state index in [1.165, 1.54) is 70.4 Å². The third kappa shape index (κ3) is 16.1. The molecule has 9 aromatic carbocycles. The largest absolute Gasteiger partial charge is 0.508 e. The van der Waals surface area contributed by atoms with Crippen LogP contribution >= 0.6 is 34.0 Å². The summed E-state index contributed by atoms with van der Waals surface area (Å²) >= 11 is 4.48. The van der Waals surface area contributed by atoms with Crippen LogP contribution in [-0.4, -0.2) is 54.1 Å². The van der Waals surface area contributed by atoms with Gasteiger partial charge in [0, 0.05) is 61.8 Å². The van der Waals surface area contributed by atoms with Crippen LogP contribution in [0.1, 0.15) is 70.3 Å². The maximum absolute atomic E-state index is 13.7. The molecule has 0 saturated heterocycles. The lowest BCUT2D eigenvalue weighted by Crippen LogP contribution is -2.01. The minimum absolute atomic E-state index is 0.0503. The van der Waals surface area contributed by atoms with Crippen molar-refractivity contribution in [2.45, 2.75) is 47.5 Å². The number of cyclic esters (lactones) is 1. The van der Waals surface area contributed by atoms with Gasteiger partial charge in [0.2, 0.25) is 29.5 Å². The smallest absolute Gasteiger partial charge is 0.334 e. The first-order valence-corrected chi connectivity index (χ1v) is 34.2. The first-order chi connectivity index (χ1) is 48.9. The van der Waals surface area contributed by atoms with Crippen molar-refractivity contribution in [2.75, 3.05) is 6.54 Å². The van der Waals surface area contributed by atoms with Gasteiger partial charge in [-0.2, -0.15) is 0 Å². The molecule has 21 heteroatoms. The number of phenolic OH excluding ortho intramolecular Hbond substituents is 3. The average Bonchev–Trinajstić information content (AvgIpc) is 1.64. The Morgan fingerprint density at radius 3 is 1.17 bits per heavy atom. The van der Waals surface area contributed by atoms with Gasteiger partial charge in [0.1, 0.15) is 58.5 Å². The predicted molar refractivity (Wildman–Crippen MR) is 393 cm³/mol. The molecular formula is C80H60F3N5O10S3. The zero-order valence-electron chi connectivity index (χ0n) is 54.7. The van der Waals surface area contributed by atoms with Crippen molar-refractivity contribution in [3.05, 3.63) is 262 Å². The molecule has 0 amide bonds. The van der Waals surface area contributed by atoms with Crippen molar-refractivity contribution in [1.29, 1.82) is 0 Å². The Balaban J connectivity index is 0.000000136. The van der Waals surface area contributed by atoms with Crippen molar-refractivity contribution < 1.29 is 61.1 Å². The minimum atomic E-state index is -0.359. The van der Waals surface area contributed by atoms with Gasteiger partial charge >= 0.3 is 5.97 Å². The summed E-state index contributed by atoms with van der Waals surface area (Å²) in [5, 5.41) is 48.3. The van der Waals surface area contributed by atoms with Crippen LogP contribution in [0.4, 0.5) is 13.2 Å². The summed E-state index contributed by atoms with van der Waals surface area (Å²) in [5.74, 6) is 5.67. The SMILES string of the molecule is CCCc1nnc(/C=C/c2ccc(Oc3c(-c4ccc(F)cc4C)sc4cc(O)ccc34)cc2)o1.Cc1cc(F)ccc1-c1sc2cc(O)ccc2c1Oc1ccc(/C=C/C2=NCC(=O)O2)cc1.Cc1nnc(/C=C/c2ccc(Oc3c(-c4ccc(F)cc4C)sc4cc(O)ccc34)cc2)o1. The fraction of sp³-hybridized carbons (Fsp3) is 0.100. The van der Waals surface area contributed by atoms with Crippen molar-refractivity contribution in [3.63, 3.8) is 0 Å². The Kier molecular flexibility index (Phi) is 20.1. The van der Waals surface area contributed by atoms with Gasteiger partial charge in [-0.3, -0.25) is 0 Å². The van der Waals surface area contributed by atoms with Gasteiger partial charge in [0.05, 0.1) is 14.6 Å². The maximum atomic E-state index is 13.7. The highest BCUT2D eigenvalue weighted by Gasteiger charge is 2.23. The van der Waals surface area contributed by atoms with Crippen LogP contribution in [0, 0.1) is 45.1 Å². The predicted octanol–water partition coefficient (Wildman–Crippen LogP) is 21.9. The number of aromatic hydroxyl groups is 3. The number of nitrogens with zero attached hydrogens (tertiary/aromatic N) is 5. The second kappa shape index (κ2) is 30.1. The van der Waals surface area contributed by atoms with E-state index in [1.54, 1.807) is 85.8 Å². The molecule has 0 radical (unpaired) electrons. The molecule has 3 N–H and O–H groups in total. The second-order valence-electron chi connectivity index (χ2n) is 23.3. The Morgan fingerprint density at radius 1 is 0.446 bits per heavy atom. The van der Waals surface area contributed by atoms with E-state index in [0.717, 1.165) is 108 Å². The number of benzene rings is 9. The molecule has 504 valence electrons. The lowest BCUT2D eigenvalue weighted by atomic mass is 10.1. The second-order valence-corrected chi connectivity index (χ2v) is 26.4. The first kappa shape index (κ1) is 67.6. The molecule has 15 rings (SSSR count). The zero-order valence-corrected chi connectivity index (χ0v) is 57.1. The molecule has 0 bridgehead atoms. The van der Waals surface area contributed by atoms with E-state index in [4.69, 9.17) is 27.8 Å². The summed E-state index contributed by atoms with van der Waals surface area (Å²) in [5.41, 5.74) is 7.88. The average molecular weight is 1400 g/mol. The molecule has 0 unspecified atom stereocenters. The molecular weight excluding hydrogens is 1340 g/mol. The molecule has 0 saturated carbocycles. The van der Waals surface area contributed by atoms with Crippen LogP contribution < -0.4 is 14.2 Å². The zero-order chi connectivity index (χ0) is 70.3. The number of aryl methyl sites for hydroxylation is 5. The number of thiophene rings is 3. The summed E-state index contributed by atoms with van der Waals surface area (Å²) in [6, 6.07) is 52.3. The summed E-state index contributed by atoms with van der Waals surface area (Å²) in [4.78, 5) is 17.7. The number of esters is 1. The molecule has 1 aliphatic rings. The molecule has 5 aromatic heterocycles. The Bertz CT molecular complexity index is 5520. The lowest BCUT2D eigenvalue weighted by Gasteiger charge is -2.10. The van der Waals surface area contributed by atoms with Gasteiger partial charge in [-0.25, -0.2) is 23.0 Å². The highest BCUT2D eigenvalue weighted by atomic mass is 32.1. The minimum Gasteiger partial charge on any atom is -0.508 e. The van der Waals surface area contributed by atoms with Crippen molar-refractivity contribution in [1.82, 2.24) is 20.4 Å². The van der Waals surface area contributed by atoms with Crippen LogP contribution in [0.3, 0.4) is 0 Å². The van der Waals surface area contributed by atoms with Gasteiger partial charge in [0.25, 0.3) is 0 Å². The molecule has 0 spiro atoms. The number of phenols is 3. The number of hydrogen-bond acceptors (Lipinski definition) is 18. The van der Waals surface area contributed by atoms with Crippen LogP contribution in [0.5, 0.6) is 51.7 Å². The summed E-state index contributed by atoms with van der Waals surface area (Å²) in [7, 11) is 0. The normalized spacial score (nSPS) is 12.2. The number of ether oxygens (including phenoxy) is 4. The van der Waals surface area contributed by atoms with E-state index >= 15 is 0 Å². The third-order valence-electron chi connectivity index (χ3n) is 15.8. The molecule has 0 fully saturated rings. The van der Waals surface area contributed by atoms with Crippen molar-refractivity contribution >= 4 is 107 Å². The number of hydrogen-bond donors (Lipinski definition) is 3. The van der Waals surface area contributed by atoms with Gasteiger partial charge in [-0.15, -0.1) is 54.4 Å². The van der Waals surface area contributed by atoms with Crippen LogP contribution in [-0.2, 0) is 16.0 Å². The molecule has 0 atom stereocenters. The van der Waals surface area contributed by atoms with Crippen LogP contribution in [0.25, 0.3) is 92.0 Å². The maximum Gasteiger partial charge on any atom is 0.334 e. The number of aromatic nitrogens is 4. The Morgan fingerprint density at radius 2 is 0.822 bits per heavy atom. The number of aliphatic imine (C=N–C) groups is 1. The van der Waals surface area contributed by atoms with Crippen molar-refractivity contribution in [2.24, 2.45) is 4.99 Å². The van der Waals surface area contributed by atoms with Gasteiger partial charge in [-0.1, -0.05) is 61.5 Å². The molecule has 14 aromatic rings. The summed E-state index contributed by atoms with van der Waals surface area (Å²) in [6.07, 6.45) is 12.5. The number of fused-ring (bicyclic) bond motifs is 3. The molecule has 15 nitrogen and oxygen atoms in total. The fourth-order valence-electron chi connectivity index (χ4n) is 10.9. The van der Waals surface area contributed by atoms with E-state index in [-0.39, 0.29) is 47.2 Å². The Labute approximate surface area is 589 Å². The molecule has 6 heterocycles. The van der Waals surface area contributed by atoms with Crippen LogP contribution in [0.15, 0.2) is 202 Å². The van der Waals surface area contributed by atoms with Gasteiger partial charge in [0.15, 0.2) is 17.2 Å². The summed E-state index contributed by atoms with van der Waals surface area (Å²) in [6.45, 7) is 9.46. The topological polar surface area (TPSA) is 205 Å². The third-order valence-corrected chi connectivity index (χ3v) is 19.3. The molecule has 1 aliphatic heterocycles. The quantitative estimate of drug-likeness (QED) is 0.0726. The highest BCUT2D eigenvalue weighted by molar-refractivity contribution is 7.23. The fourth-order valence-corrected chi connectivity index (χ4v) is 14.7.